The summed E-state index contributed by atoms with van der Waals surface area (Å²) in [5, 5.41) is 0. The van der Waals surface area contributed by atoms with Crippen molar-refractivity contribution < 1.29 is 18.7 Å². The molecule has 1 saturated carbocycles. The Morgan fingerprint density at radius 2 is 1.96 bits per heavy atom. The van der Waals surface area contributed by atoms with E-state index in [-0.39, 0.29) is 29.5 Å². The number of amides is 1. The summed E-state index contributed by atoms with van der Waals surface area (Å²) in [6, 6.07) is 5.72. The van der Waals surface area contributed by atoms with Gasteiger partial charge < -0.3 is 9.64 Å². The molecule has 0 spiro atoms. The van der Waals surface area contributed by atoms with Crippen molar-refractivity contribution in [1.82, 2.24) is 4.90 Å². The zero-order chi connectivity index (χ0) is 17.6. The maximum absolute atomic E-state index is 14.5. The minimum Gasteiger partial charge on any atom is -0.483 e. The van der Waals surface area contributed by atoms with Gasteiger partial charge in [0.2, 0.25) is 0 Å². The molecular formula is C20H22FNO3. The maximum atomic E-state index is 14.5. The third-order valence-corrected chi connectivity index (χ3v) is 5.52. The molecule has 0 aromatic heterocycles. The van der Waals surface area contributed by atoms with Crippen LogP contribution in [-0.4, -0.2) is 29.2 Å². The number of ether oxygens (including phenoxy) is 1. The molecule has 0 saturated heterocycles. The highest BCUT2D eigenvalue weighted by Crippen LogP contribution is 2.47. The molecule has 0 bridgehead atoms. The zero-order valence-electron chi connectivity index (χ0n) is 14.3. The molecule has 2 heterocycles. The summed E-state index contributed by atoms with van der Waals surface area (Å²) < 4.78 is 20.5. The number of ketones is 1. The van der Waals surface area contributed by atoms with E-state index in [1.807, 2.05) is 6.92 Å². The second-order valence-electron chi connectivity index (χ2n) is 7.08. The van der Waals surface area contributed by atoms with Gasteiger partial charge >= 0.3 is 0 Å². The van der Waals surface area contributed by atoms with Crippen LogP contribution < -0.4 is 0 Å². The highest BCUT2D eigenvalue weighted by atomic mass is 19.1. The van der Waals surface area contributed by atoms with Crippen molar-refractivity contribution >= 4 is 11.7 Å². The van der Waals surface area contributed by atoms with Crippen LogP contribution in [-0.2, 0) is 14.3 Å². The summed E-state index contributed by atoms with van der Waals surface area (Å²) in [5.41, 5.74) is 0.743. The van der Waals surface area contributed by atoms with Gasteiger partial charge in [0.15, 0.2) is 11.5 Å². The average Bonchev–Trinajstić information content (AvgIpc) is 2.89. The summed E-state index contributed by atoms with van der Waals surface area (Å²) in [7, 11) is 0. The standard InChI is InChI=1S/C20H22FNO3/c1-2-11-22-17(12-7-3-5-9-14(12)21)16-18(23)13-8-4-6-10-15(13)25-19(16)20(22)24/h3,5,7,9,13,15,17H,2,4,6,8,10-11H2,1H3. The smallest absolute Gasteiger partial charge is 0.290 e. The molecule has 4 nitrogen and oxygen atoms in total. The highest BCUT2D eigenvalue weighted by Gasteiger charge is 2.52. The molecule has 3 aliphatic rings. The van der Waals surface area contributed by atoms with Crippen LogP contribution in [0.1, 0.15) is 50.6 Å². The molecule has 1 fully saturated rings. The fraction of sp³-hybridized carbons (Fsp3) is 0.500. The van der Waals surface area contributed by atoms with Crippen LogP contribution in [0, 0.1) is 11.7 Å². The van der Waals surface area contributed by atoms with Crippen molar-refractivity contribution in [2.24, 2.45) is 5.92 Å². The molecule has 25 heavy (non-hydrogen) atoms. The first kappa shape index (κ1) is 16.3. The third-order valence-electron chi connectivity index (χ3n) is 5.52. The van der Waals surface area contributed by atoms with Crippen LogP contribution in [0.4, 0.5) is 4.39 Å². The van der Waals surface area contributed by atoms with E-state index in [2.05, 4.69) is 0 Å². The van der Waals surface area contributed by atoms with Crippen molar-refractivity contribution in [3.63, 3.8) is 0 Å². The number of hydrogen-bond donors (Lipinski definition) is 0. The normalized spacial score (nSPS) is 28.7. The topological polar surface area (TPSA) is 46.6 Å². The Labute approximate surface area is 146 Å². The van der Waals surface area contributed by atoms with Crippen molar-refractivity contribution in [3.05, 3.63) is 47.0 Å². The van der Waals surface area contributed by atoms with Gasteiger partial charge in [-0.2, -0.15) is 0 Å². The molecule has 1 aromatic carbocycles. The SMILES string of the molecule is CCCN1C(=O)C2=C(C(=O)C3CCCCC3O2)C1c1ccccc1F. The van der Waals surface area contributed by atoms with Crippen LogP contribution in [0.3, 0.4) is 0 Å². The first-order valence-electron chi connectivity index (χ1n) is 9.14. The number of hydrogen-bond acceptors (Lipinski definition) is 3. The number of halogens is 1. The fourth-order valence-electron chi connectivity index (χ4n) is 4.38. The number of rotatable bonds is 3. The Bertz CT molecular complexity index is 757. The predicted molar refractivity (Wildman–Crippen MR) is 90.0 cm³/mol. The molecule has 2 aliphatic heterocycles. The summed E-state index contributed by atoms with van der Waals surface area (Å²) in [6.07, 6.45) is 4.13. The molecule has 0 radical (unpaired) electrons. The van der Waals surface area contributed by atoms with Crippen LogP contribution in [0.15, 0.2) is 35.6 Å². The lowest BCUT2D eigenvalue weighted by Gasteiger charge is -2.35. The number of carbonyl (C=O) groups excluding carboxylic acids is 2. The van der Waals surface area contributed by atoms with Crippen LogP contribution >= 0.6 is 0 Å². The molecule has 1 aromatic rings. The number of benzene rings is 1. The van der Waals surface area contributed by atoms with Gasteiger partial charge in [-0.3, -0.25) is 9.59 Å². The number of nitrogens with zero attached hydrogens (tertiary/aromatic N) is 1. The fourth-order valence-corrected chi connectivity index (χ4v) is 4.38. The number of carbonyl (C=O) groups is 2. The summed E-state index contributed by atoms with van der Waals surface area (Å²) in [5.74, 6) is -0.728. The third kappa shape index (κ3) is 2.48. The first-order chi connectivity index (χ1) is 12.1. The first-order valence-corrected chi connectivity index (χ1v) is 9.14. The molecule has 1 aliphatic carbocycles. The van der Waals surface area contributed by atoms with Gasteiger partial charge in [-0.1, -0.05) is 31.5 Å². The largest absolute Gasteiger partial charge is 0.483 e. The van der Waals surface area contributed by atoms with Gasteiger partial charge in [0.1, 0.15) is 11.9 Å². The Hall–Kier alpha value is -2.17. The average molecular weight is 343 g/mol. The van der Waals surface area contributed by atoms with E-state index in [1.165, 1.54) is 6.07 Å². The molecule has 5 heteroatoms. The summed E-state index contributed by atoms with van der Waals surface area (Å²) in [6.45, 7) is 2.43. The van der Waals surface area contributed by atoms with Crippen molar-refractivity contribution in [1.29, 1.82) is 0 Å². The van der Waals surface area contributed by atoms with Crippen molar-refractivity contribution in [3.8, 4) is 0 Å². The quantitative estimate of drug-likeness (QED) is 0.843. The van der Waals surface area contributed by atoms with E-state index in [0.717, 1.165) is 32.1 Å². The van der Waals surface area contributed by atoms with Crippen LogP contribution in [0.2, 0.25) is 0 Å². The van der Waals surface area contributed by atoms with Gasteiger partial charge in [-0.05, 0) is 31.7 Å². The van der Waals surface area contributed by atoms with Gasteiger partial charge in [-0.25, -0.2) is 4.39 Å². The molecule has 3 unspecified atom stereocenters. The van der Waals surface area contributed by atoms with Crippen molar-refractivity contribution in [2.75, 3.05) is 6.54 Å². The zero-order valence-corrected chi connectivity index (χ0v) is 14.3. The summed E-state index contributed by atoms with van der Waals surface area (Å²) in [4.78, 5) is 27.7. The van der Waals surface area contributed by atoms with Crippen LogP contribution in [0.5, 0.6) is 0 Å². The monoisotopic (exact) mass is 343 g/mol. The van der Waals surface area contributed by atoms with E-state index in [0.29, 0.717) is 17.7 Å². The maximum Gasteiger partial charge on any atom is 0.290 e. The molecule has 3 atom stereocenters. The molecular weight excluding hydrogens is 321 g/mol. The minimum absolute atomic E-state index is 0.0221. The predicted octanol–water partition coefficient (Wildman–Crippen LogP) is 3.53. The van der Waals surface area contributed by atoms with Gasteiger partial charge in [0, 0.05) is 12.1 Å². The Morgan fingerprint density at radius 1 is 1.20 bits per heavy atom. The van der Waals surface area contributed by atoms with E-state index in [4.69, 9.17) is 4.74 Å². The molecule has 1 amide bonds. The van der Waals surface area contributed by atoms with E-state index in [1.54, 1.807) is 23.1 Å². The van der Waals surface area contributed by atoms with Crippen molar-refractivity contribution in [2.45, 2.75) is 51.2 Å². The Kier molecular flexibility index (Phi) is 4.10. The lowest BCUT2D eigenvalue weighted by atomic mass is 9.77. The summed E-state index contributed by atoms with van der Waals surface area (Å²) >= 11 is 0. The Morgan fingerprint density at radius 3 is 2.72 bits per heavy atom. The minimum atomic E-state index is -0.668. The molecule has 4 rings (SSSR count). The molecule has 132 valence electrons. The van der Waals surface area contributed by atoms with Crippen LogP contribution in [0.25, 0.3) is 0 Å². The van der Waals surface area contributed by atoms with E-state index in [9.17, 15) is 14.0 Å². The van der Waals surface area contributed by atoms with Gasteiger partial charge in [0.25, 0.3) is 5.91 Å². The highest BCUT2D eigenvalue weighted by molar-refractivity contribution is 6.11. The van der Waals surface area contributed by atoms with Gasteiger partial charge in [-0.15, -0.1) is 0 Å². The lowest BCUT2D eigenvalue weighted by Crippen LogP contribution is -2.39. The van der Waals surface area contributed by atoms with E-state index >= 15 is 0 Å². The number of fused-ring (bicyclic) bond motifs is 1. The number of Topliss-reactive ketones (excluding diaryl/α,β-unsaturated/α-hetero) is 1. The molecule has 0 N–H and O–H groups in total. The van der Waals surface area contributed by atoms with E-state index < -0.39 is 11.9 Å². The van der Waals surface area contributed by atoms with Gasteiger partial charge in [0.05, 0.1) is 17.5 Å². The second-order valence-corrected chi connectivity index (χ2v) is 7.08. The Balaban J connectivity index is 1.82. The lowest BCUT2D eigenvalue weighted by molar-refractivity contribution is -0.135. The second kappa shape index (κ2) is 6.28.